The zero-order valence-corrected chi connectivity index (χ0v) is 11.9. The Hall–Kier alpha value is -1.69. The van der Waals surface area contributed by atoms with Crippen molar-refractivity contribution < 1.29 is 9.26 Å². The Morgan fingerprint density at radius 1 is 1.50 bits per heavy atom. The summed E-state index contributed by atoms with van der Waals surface area (Å²) in [4.78, 5) is 8.40. The van der Waals surface area contributed by atoms with E-state index in [0.717, 1.165) is 11.1 Å². The van der Waals surface area contributed by atoms with Crippen molar-refractivity contribution in [2.24, 2.45) is 0 Å². The zero-order valence-electron chi connectivity index (χ0n) is 10.3. The lowest BCUT2D eigenvalue weighted by Crippen LogP contribution is -1.91. The lowest BCUT2D eigenvalue weighted by Gasteiger charge is -2.03. The van der Waals surface area contributed by atoms with E-state index >= 15 is 0 Å². The van der Waals surface area contributed by atoms with Crippen LogP contribution < -0.4 is 4.74 Å². The number of methoxy groups -OCH3 is 1. The monoisotopic (exact) mass is 309 g/mol. The van der Waals surface area contributed by atoms with Crippen LogP contribution in [0.4, 0.5) is 0 Å². The number of nitrogens with zero attached hydrogens (tertiary/aromatic N) is 3. The van der Waals surface area contributed by atoms with Crippen LogP contribution in [0, 0.1) is 0 Å². The molecule has 0 radical (unpaired) electrons. The van der Waals surface area contributed by atoms with Crippen molar-refractivity contribution in [1.29, 1.82) is 0 Å². The maximum Gasteiger partial charge on any atom is 0.253 e. The average molecular weight is 310 g/mol. The standard InChI is InChI=1S/C12H12BrN3O2/c1-4-7(2)11-15-10(16-18-11)8-5-6-14-12(17-3)9(8)13/h4-6H,1-3H3/b7-4+. The first-order chi connectivity index (χ1) is 8.67. The maximum atomic E-state index is 5.19. The molecule has 0 saturated heterocycles. The molecular weight excluding hydrogens is 298 g/mol. The molecule has 6 heteroatoms. The number of pyridine rings is 1. The molecule has 0 aliphatic heterocycles. The molecule has 0 unspecified atom stereocenters. The number of aromatic nitrogens is 3. The van der Waals surface area contributed by atoms with E-state index in [-0.39, 0.29) is 0 Å². The van der Waals surface area contributed by atoms with Crippen molar-refractivity contribution in [3.05, 3.63) is 28.7 Å². The summed E-state index contributed by atoms with van der Waals surface area (Å²) in [5.41, 5.74) is 1.71. The zero-order chi connectivity index (χ0) is 13.1. The minimum absolute atomic E-state index is 0.488. The normalized spacial score (nSPS) is 11.7. The third-order valence-corrected chi connectivity index (χ3v) is 3.25. The molecule has 0 aliphatic carbocycles. The van der Waals surface area contributed by atoms with Crippen LogP contribution in [0.3, 0.4) is 0 Å². The summed E-state index contributed by atoms with van der Waals surface area (Å²) in [5.74, 6) is 1.50. The van der Waals surface area contributed by atoms with Gasteiger partial charge in [-0.15, -0.1) is 0 Å². The molecule has 0 saturated carbocycles. The molecular formula is C12H12BrN3O2. The van der Waals surface area contributed by atoms with Gasteiger partial charge in [-0.3, -0.25) is 0 Å². The van der Waals surface area contributed by atoms with Crippen LogP contribution in [0.5, 0.6) is 5.88 Å². The van der Waals surface area contributed by atoms with Crippen molar-refractivity contribution in [2.45, 2.75) is 13.8 Å². The molecule has 2 aromatic rings. The highest BCUT2D eigenvalue weighted by atomic mass is 79.9. The van der Waals surface area contributed by atoms with Crippen LogP contribution in [0.25, 0.3) is 17.0 Å². The van der Waals surface area contributed by atoms with E-state index < -0.39 is 0 Å². The first-order valence-corrected chi connectivity index (χ1v) is 6.12. The fourth-order valence-electron chi connectivity index (χ4n) is 1.36. The predicted molar refractivity (Wildman–Crippen MR) is 71.1 cm³/mol. The van der Waals surface area contributed by atoms with Crippen LogP contribution in [-0.2, 0) is 0 Å². The summed E-state index contributed by atoms with van der Waals surface area (Å²) in [6.45, 7) is 3.84. The van der Waals surface area contributed by atoms with Crippen LogP contribution >= 0.6 is 15.9 Å². The molecule has 0 aliphatic rings. The Labute approximate surface area is 113 Å². The first kappa shape index (κ1) is 12.8. The molecule has 0 amide bonds. The summed E-state index contributed by atoms with van der Waals surface area (Å²) in [6, 6.07) is 1.80. The SMILES string of the molecule is C/C=C(\C)c1nc(-c2ccnc(OC)c2Br)no1. The second kappa shape index (κ2) is 5.30. The quantitative estimate of drug-likeness (QED) is 0.870. The van der Waals surface area contributed by atoms with Crippen LogP contribution in [0.15, 0.2) is 27.3 Å². The second-order valence-electron chi connectivity index (χ2n) is 3.58. The van der Waals surface area contributed by atoms with Gasteiger partial charge in [-0.2, -0.15) is 4.98 Å². The highest BCUT2D eigenvalue weighted by Gasteiger charge is 2.15. The lowest BCUT2D eigenvalue weighted by molar-refractivity contribution is 0.395. The van der Waals surface area contributed by atoms with E-state index in [1.807, 2.05) is 19.9 Å². The van der Waals surface area contributed by atoms with Gasteiger partial charge in [-0.1, -0.05) is 11.2 Å². The summed E-state index contributed by atoms with van der Waals surface area (Å²) in [6.07, 6.45) is 3.55. The molecule has 2 rings (SSSR count). The Balaban J connectivity index is 2.46. The number of hydrogen-bond donors (Lipinski definition) is 0. The summed E-state index contributed by atoms with van der Waals surface area (Å²) in [5, 5.41) is 3.95. The van der Waals surface area contributed by atoms with E-state index in [4.69, 9.17) is 9.26 Å². The van der Waals surface area contributed by atoms with Crippen LogP contribution in [-0.4, -0.2) is 22.2 Å². The van der Waals surface area contributed by atoms with Crippen LogP contribution in [0.2, 0.25) is 0 Å². The Bertz CT molecular complexity index is 593. The Morgan fingerprint density at radius 2 is 2.28 bits per heavy atom. The number of halogens is 1. The van der Waals surface area contributed by atoms with Crippen molar-refractivity contribution in [3.8, 4) is 17.3 Å². The average Bonchev–Trinajstić information content (AvgIpc) is 2.87. The van der Waals surface area contributed by atoms with Gasteiger partial charge in [0.25, 0.3) is 5.89 Å². The highest BCUT2D eigenvalue weighted by Crippen LogP contribution is 2.32. The molecule has 0 spiro atoms. The fourth-order valence-corrected chi connectivity index (χ4v) is 1.93. The first-order valence-electron chi connectivity index (χ1n) is 5.33. The van der Waals surface area contributed by atoms with Crippen molar-refractivity contribution in [3.63, 3.8) is 0 Å². The topological polar surface area (TPSA) is 61.0 Å². The van der Waals surface area contributed by atoms with Gasteiger partial charge in [0.05, 0.1) is 11.6 Å². The van der Waals surface area contributed by atoms with Gasteiger partial charge >= 0.3 is 0 Å². The molecule has 5 nitrogen and oxygen atoms in total. The van der Waals surface area contributed by atoms with Gasteiger partial charge < -0.3 is 9.26 Å². The van der Waals surface area contributed by atoms with Gasteiger partial charge in [0, 0.05) is 17.3 Å². The summed E-state index contributed by atoms with van der Waals surface area (Å²) in [7, 11) is 1.56. The Morgan fingerprint density at radius 3 is 2.94 bits per heavy atom. The highest BCUT2D eigenvalue weighted by molar-refractivity contribution is 9.10. The number of hydrogen-bond acceptors (Lipinski definition) is 5. The molecule has 0 aromatic carbocycles. The van der Waals surface area contributed by atoms with E-state index in [1.54, 1.807) is 19.4 Å². The fraction of sp³-hybridized carbons (Fsp3) is 0.250. The number of allylic oxidation sites excluding steroid dienone is 2. The van der Waals surface area contributed by atoms with E-state index in [9.17, 15) is 0 Å². The molecule has 0 N–H and O–H groups in total. The van der Waals surface area contributed by atoms with Gasteiger partial charge in [-0.05, 0) is 35.8 Å². The van der Waals surface area contributed by atoms with Gasteiger partial charge in [-0.25, -0.2) is 4.98 Å². The van der Waals surface area contributed by atoms with Gasteiger partial charge in [0.1, 0.15) is 0 Å². The van der Waals surface area contributed by atoms with Gasteiger partial charge in [0.2, 0.25) is 11.7 Å². The van der Waals surface area contributed by atoms with Crippen molar-refractivity contribution >= 4 is 21.5 Å². The van der Waals surface area contributed by atoms with Crippen molar-refractivity contribution in [2.75, 3.05) is 7.11 Å². The van der Waals surface area contributed by atoms with Crippen molar-refractivity contribution in [1.82, 2.24) is 15.1 Å². The maximum absolute atomic E-state index is 5.19. The van der Waals surface area contributed by atoms with E-state index in [1.165, 1.54) is 0 Å². The number of ether oxygens (including phenoxy) is 1. The lowest BCUT2D eigenvalue weighted by atomic mass is 10.2. The Kier molecular flexibility index (Phi) is 3.76. The summed E-state index contributed by atoms with van der Waals surface area (Å²) < 4.78 is 11.0. The second-order valence-corrected chi connectivity index (χ2v) is 4.37. The molecule has 2 heterocycles. The summed E-state index contributed by atoms with van der Waals surface area (Å²) >= 11 is 3.42. The smallest absolute Gasteiger partial charge is 0.253 e. The molecule has 0 bridgehead atoms. The molecule has 2 aromatic heterocycles. The van der Waals surface area contributed by atoms with Crippen LogP contribution in [0.1, 0.15) is 19.7 Å². The number of rotatable bonds is 3. The third kappa shape index (κ3) is 2.28. The molecule has 18 heavy (non-hydrogen) atoms. The largest absolute Gasteiger partial charge is 0.480 e. The molecule has 0 fully saturated rings. The molecule has 94 valence electrons. The predicted octanol–water partition coefficient (Wildman–Crippen LogP) is 3.33. The van der Waals surface area contributed by atoms with Gasteiger partial charge in [0.15, 0.2) is 0 Å². The molecule has 0 atom stereocenters. The minimum Gasteiger partial charge on any atom is -0.480 e. The minimum atomic E-state index is 0.488. The van der Waals surface area contributed by atoms with E-state index in [0.29, 0.717) is 22.1 Å². The third-order valence-electron chi connectivity index (χ3n) is 2.49. The van der Waals surface area contributed by atoms with E-state index in [2.05, 4.69) is 31.1 Å².